The van der Waals surface area contributed by atoms with Gasteiger partial charge in [-0.05, 0) is 31.5 Å². The van der Waals surface area contributed by atoms with E-state index in [9.17, 15) is 14.6 Å². The van der Waals surface area contributed by atoms with E-state index in [1.807, 2.05) is 13.0 Å². The largest absolute Gasteiger partial charge is 0.506 e. The molecule has 0 aliphatic carbocycles. The zero-order chi connectivity index (χ0) is 15.4. The van der Waals surface area contributed by atoms with Crippen molar-refractivity contribution in [3.05, 3.63) is 58.7 Å². The van der Waals surface area contributed by atoms with Crippen molar-refractivity contribution in [2.45, 2.75) is 33.0 Å². The Morgan fingerprint density at radius 3 is 2.81 bits per heavy atom. The smallest absolute Gasteiger partial charge is 0.141 e. The number of aromatic hydroxyl groups is 1. The normalized spacial score (nSPS) is 12.4. The quantitative estimate of drug-likeness (QED) is 0.792. The third kappa shape index (κ3) is 3.56. The molecule has 0 unspecified atom stereocenters. The number of nitrogens with one attached hydrogen (secondary N) is 1. The van der Waals surface area contributed by atoms with Crippen LogP contribution < -0.4 is 5.32 Å². The molecule has 0 fully saturated rings. The highest BCUT2D eigenvalue weighted by Gasteiger charge is 2.13. The van der Waals surface area contributed by atoms with Gasteiger partial charge < -0.3 is 15.5 Å². The van der Waals surface area contributed by atoms with Gasteiger partial charge in [0.25, 0.3) is 0 Å². The van der Waals surface area contributed by atoms with Gasteiger partial charge in [0.1, 0.15) is 11.6 Å². The number of pyridine rings is 1. The molecular formula is C16H19FN2O2. The maximum Gasteiger partial charge on any atom is 0.141 e. The molecule has 3 N–H and O–H groups in total. The molecule has 0 aliphatic heterocycles. The van der Waals surface area contributed by atoms with Gasteiger partial charge in [-0.15, -0.1) is 0 Å². The number of nitrogens with zero attached hydrogens (tertiary/aromatic N) is 1. The van der Waals surface area contributed by atoms with Crippen LogP contribution in [0.15, 0.2) is 30.5 Å². The summed E-state index contributed by atoms with van der Waals surface area (Å²) in [6.07, 6.45) is 1.55. The number of rotatable bonds is 5. The Labute approximate surface area is 123 Å². The number of hydrogen-bond donors (Lipinski definition) is 3. The van der Waals surface area contributed by atoms with Gasteiger partial charge in [-0.25, -0.2) is 4.39 Å². The predicted octanol–water partition coefficient (Wildman–Crippen LogP) is 2.58. The van der Waals surface area contributed by atoms with Gasteiger partial charge in [-0.2, -0.15) is 0 Å². The standard InChI is InChI=1S/C16H19FN2O2/c1-10(12-4-3-5-14(17)6-12)19-8-15-13(9-20)7-18-11(2)16(15)21/h3-7,10,19-21H,8-9H2,1-2H3/t10-/m0/s1. The Balaban J connectivity index is 2.14. The van der Waals surface area contributed by atoms with Crippen molar-refractivity contribution >= 4 is 0 Å². The lowest BCUT2D eigenvalue weighted by Gasteiger charge is -2.17. The third-order valence-electron chi connectivity index (χ3n) is 3.53. The molecule has 5 heteroatoms. The molecule has 0 saturated heterocycles. The molecular weight excluding hydrogens is 271 g/mol. The molecule has 4 nitrogen and oxygen atoms in total. The number of aliphatic hydroxyl groups excluding tert-OH is 1. The van der Waals surface area contributed by atoms with E-state index in [1.165, 1.54) is 12.1 Å². The fourth-order valence-electron chi connectivity index (χ4n) is 2.17. The summed E-state index contributed by atoms with van der Waals surface area (Å²) < 4.78 is 13.2. The van der Waals surface area contributed by atoms with Crippen LogP contribution in [0, 0.1) is 12.7 Å². The molecule has 1 atom stereocenters. The van der Waals surface area contributed by atoms with E-state index in [4.69, 9.17) is 0 Å². The topological polar surface area (TPSA) is 65.4 Å². The summed E-state index contributed by atoms with van der Waals surface area (Å²) in [7, 11) is 0. The molecule has 21 heavy (non-hydrogen) atoms. The van der Waals surface area contributed by atoms with Crippen LogP contribution in [-0.2, 0) is 13.2 Å². The molecule has 0 saturated carbocycles. The van der Waals surface area contributed by atoms with E-state index in [2.05, 4.69) is 10.3 Å². The highest BCUT2D eigenvalue weighted by atomic mass is 19.1. The summed E-state index contributed by atoms with van der Waals surface area (Å²) >= 11 is 0. The Morgan fingerprint density at radius 2 is 2.14 bits per heavy atom. The number of hydrogen-bond acceptors (Lipinski definition) is 4. The van der Waals surface area contributed by atoms with E-state index in [0.29, 0.717) is 23.4 Å². The maximum absolute atomic E-state index is 13.2. The highest BCUT2D eigenvalue weighted by molar-refractivity contribution is 5.40. The minimum atomic E-state index is -0.278. The third-order valence-corrected chi connectivity index (χ3v) is 3.53. The second-order valence-corrected chi connectivity index (χ2v) is 5.01. The van der Waals surface area contributed by atoms with E-state index in [-0.39, 0.29) is 24.2 Å². The van der Waals surface area contributed by atoms with Gasteiger partial charge in [-0.1, -0.05) is 12.1 Å². The molecule has 0 spiro atoms. The second-order valence-electron chi connectivity index (χ2n) is 5.01. The molecule has 112 valence electrons. The zero-order valence-corrected chi connectivity index (χ0v) is 12.1. The van der Waals surface area contributed by atoms with Crippen LogP contribution in [-0.4, -0.2) is 15.2 Å². The molecule has 2 rings (SSSR count). The number of aryl methyl sites for hydroxylation is 1. The van der Waals surface area contributed by atoms with Crippen molar-refractivity contribution in [2.24, 2.45) is 0 Å². The number of benzene rings is 1. The monoisotopic (exact) mass is 290 g/mol. The maximum atomic E-state index is 13.2. The van der Waals surface area contributed by atoms with Crippen LogP contribution in [0.4, 0.5) is 4.39 Å². The van der Waals surface area contributed by atoms with Crippen molar-refractivity contribution in [1.29, 1.82) is 0 Å². The Morgan fingerprint density at radius 1 is 1.38 bits per heavy atom. The fraction of sp³-hybridized carbons (Fsp3) is 0.312. The van der Waals surface area contributed by atoms with Crippen LogP contribution in [0.5, 0.6) is 5.75 Å². The SMILES string of the molecule is Cc1ncc(CO)c(CN[C@@H](C)c2cccc(F)c2)c1O. The summed E-state index contributed by atoms with van der Waals surface area (Å²) in [5, 5.41) is 22.6. The van der Waals surface area contributed by atoms with Gasteiger partial charge in [0.2, 0.25) is 0 Å². The summed E-state index contributed by atoms with van der Waals surface area (Å²) in [5.74, 6) is -0.194. The molecule has 0 radical (unpaired) electrons. The van der Waals surface area contributed by atoms with Crippen LogP contribution in [0.3, 0.4) is 0 Å². The summed E-state index contributed by atoms with van der Waals surface area (Å²) in [5.41, 5.74) is 2.54. The Kier molecular flexibility index (Phi) is 4.88. The second kappa shape index (κ2) is 6.65. The zero-order valence-electron chi connectivity index (χ0n) is 12.1. The first-order valence-electron chi connectivity index (χ1n) is 6.79. The Hall–Kier alpha value is -1.98. The van der Waals surface area contributed by atoms with Gasteiger partial charge in [-0.3, -0.25) is 4.98 Å². The van der Waals surface area contributed by atoms with Gasteiger partial charge in [0, 0.05) is 29.9 Å². The van der Waals surface area contributed by atoms with E-state index < -0.39 is 0 Å². The minimum Gasteiger partial charge on any atom is -0.506 e. The lowest BCUT2D eigenvalue weighted by molar-refractivity contribution is 0.278. The van der Waals surface area contributed by atoms with Crippen LogP contribution in [0.1, 0.15) is 35.3 Å². The van der Waals surface area contributed by atoms with Crippen LogP contribution in [0.2, 0.25) is 0 Å². The lowest BCUT2D eigenvalue weighted by atomic mass is 10.1. The summed E-state index contributed by atoms with van der Waals surface area (Å²) in [4.78, 5) is 4.02. The van der Waals surface area contributed by atoms with Crippen molar-refractivity contribution in [2.75, 3.05) is 0 Å². The average Bonchev–Trinajstić information content (AvgIpc) is 2.48. The van der Waals surface area contributed by atoms with Crippen molar-refractivity contribution in [1.82, 2.24) is 10.3 Å². The lowest BCUT2D eigenvalue weighted by Crippen LogP contribution is -2.19. The summed E-state index contributed by atoms with van der Waals surface area (Å²) in [6.45, 7) is 3.80. The molecule has 1 heterocycles. The summed E-state index contributed by atoms with van der Waals surface area (Å²) in [6, 6.07) is 6.29. The molecule has 2 aromatic rings. The molecule has 0 bridgehead atoms. The number of halogens is 1. The highest BCUT2D eigenvalue weighted by Crippen LogP contribution is 2.24. The molecule has 1 aromatic heterocycles. The van der Waals surface area contributed by atoms with Crippen LogP contribution >= 0.6 is 0 Å². The first-order chi connectivity index (χ1) is 10.0. The first-order valence-corrected chi connectivity index (χ1v) is 6.79. The fourth-order valence-corrected chi connectivity index (χ4v) is 2.17. The molecule has 0 aliphatic rings. The molecule has 1 aromatic carbocycles. The van der Waals surface area contributed by atoms with Gasteiger partial charge in [0.05, 0.1) is 12.3 Å². The molecule has 0 amide bonds. The van der Waals surface area contributed by atoms with E-state index in [1.54, 1.807) is 19.2 Å². The van der Waals surface area contributed by atoms with Crippen molar-refractivity contribution in [3.63, 3.8) is 0 Å². The number of aromatic nitrogens is 1. The minimum absolute atomic E-state index is 0.0832. The van der Waals surface area contributed by atoms with Gasteiger partial charge in [0.15, 0.2) is 0 Å². The van der Waals surface area contributed by atoms with E-state index >= 15 is 0 Å². The van der Waals surface area contributed by atoms with Crippen molar-refractivity contribution in [3.8, 4) is 5.75 Å². The predicted molar refractivity (Wildman–Crippen MR) is 78.2 cm³/mol. The average molecular weight is 290 g/mol. The number of aliphatic hydroxyl groups is 1. The Bertz CT molecular complexity index is 632. The van der Waals surface area contributed by atoms with Crippen LogP contribution in [0.25, 0.3) is 0 Å². The van der Waals surface area contributed by atoms with Crippen molar-refractivity contribution < 1.29 is 14.6 Å². The van der Waals surface area contributed by atoms with Gasteiger partial charge >= 0.3 is 0 Å². The first kappa shape index (κ1) is 15.4. The van der Waals surface area contributed by atoms with E-state index in [0.717, 1.165) is 5.56 Å².